The first kappa shape index (κ1) is 16.2. The van der Waals surface area contributed by atoms with Gasteiger partial charge in [0, 0.05) is 13.0 Å². The lowest BCUT2D eigenvalue weighted by Crippen LogP contribution is -2.34. The number of hydrogen-bond donors (Lipinski definition) is 1. The fourth-order valence-electron chi connectivity index (χ4n) is 2.95. The van der Waals surface area contributed by atoms with Crippen molar-refractivity contribution in [3.05, 3.63) is 35.9 Å². The van der Waals surface area contributed by atoms with Crippen molar-refractivity contribution in [2.24, 2.45) is 11.8 Å². The zero-order valence-corrected chi connectivity index (χ0v) is 12.8. The van der Waals surface area contributed by atoms with Gasteiger partial charge in [-0.05, 0) is 17.9 Å². The third kappa shape index (κ3) is 4.70. The van der Waals surface area contributed by atoms with Gasteiger partial charge in [0.15, 0.2) is 11.7 Å². The van der Waals surface area contributed by atoms with Gasteiger partial charge in [-0.15, -0.1) is 0 Å². The second-order valence-corrected chi connectivity index (χ2v) is 5.92. The van der Waals surface area contributed by atoms with Gasteiger partial charge in [0.2, 0.25) is 5.91 Å². The largest absolute Gasteiger partial charge is 0.350 e. The molecule has 1 atom stereocenters. The Labute approximate surface area is 131 Å². The van der Waals surface area contributed by atoms with Crippen LogP contribution in [0.5, 0.6) is 0 Å². The van der Waals surface area contributed by atoms with Crippen molar-refractivity contribution in [2.75, 3.05) is 0 Å². The average Bonchev–Trinajstić information content (AvgIpc) is 3.06. The number of hydrogen-bond acceptors (Lipinski definition) is 3. The van der Waals surface area contributed by atoms with Crippen LogP contribution in [0, 0.1) is 23.2 Å². The average molecular weight is 298 g/mol. The van der Waals surface area contributed by atoms with E-state index >= 15 is 0 Å². The predicted octanol–water partition coefficient (Wildman–Crippen LogP) is 2.98. The van der Waals surface area contributed by atoms with Crippen LogP contribution in [0.3, 0.4) is 0 Å². The van der Waals surface area contributed by atoms with Crippen LogP contribution in [-0.4, -0.2) is 11.7 Å². The summed E-state index contributed by atoms with van der Waals surface area (Å²) in [7, 11) is 0. The molecule has 1 N–H and O–H groups in total. The highest BCUT2D eigenvalue weighted by Crippen LogP contribution is 2.28. The summed E-state index contributed by atoms with van der Waals surface area (Å²) in [5, 5.41) is 11.8. The molecule has 22 heavy (non-hydrogen) atoms. The third-order valence-electron chi connectivity index (χ3n) is 4.30. The van der Waals surface area contributed by atoms with Gasteiger partial charge >= 0.3 is 0 Å². The molecule has 1 amide bonds. The molecule has 0 heterocycles. The number of benzene rings is 1. The molecule has 1 fully saturated rings. The molecular weight excluding hydrogens is 276 g/mol. The van der Waals surface area contributed by atoms with Crippen LogP contribution in [0.2, 0.25) is 0 Å². The maximum absolute atomic E-state index is 12.1. The van der Waals surface area contributed by atoms with Crippen LogP contribution in [-0.2, 0) is 16.1 Å². The van der Waals surface area contributed by atoms with Crippen molar-refractivity contribution < 1.29 is 9.59 Å². The third-order valence-corrected chi connectivity index (χ3v) is 4.30. The molecule has 4 nitrogen and oxygen atoms in total. The van der Waals surface area contributed by atoms with Crippen LogP contribution in [0.15, 0.2) is 30.3 Å². The molecule has 0 unspecified atom stereocenters. The molecule has 1 aromatic rings. The van der Waals surface area contributed by atoms with Gasteiger partial charge in [-0.1, -0.05) is 56.0 Å². The normalized spacial score (nSPS) is 16.0. The van der Waals surface area contributed by atoms with E-state index in [9.17, 15) is 9.59 Å². The predicted molar refractivity (Wildman–Crippen MR) is 83.6 cm³/mol. The van der Waals surface area contributed by atoms with E-state index in [1.54, 1.807) is 0 Å². The van der Waals surface area contributed by atoms with E-state index in [-0.39, 0.29) is 5.78 Å². The molecule has 0 aliphatic heterocycles. The van der Waals surface area contributed by atoms with Gasteiger partial charge in [-0.25, -0.2) is 0 Å². The minimum atomic E-state index is -1.18. The van der Waals surface area contributed by atoms with Crippen molar-refractivity contribution in [1.82, 2.24) is 5.32 Å². The summed E-state index contributed by atoms with van der Waals surface area (Å²) in [4.78, 5) is 24.1. The van der Waals surface area contributed by atoms with E-state index in [2.05, 4.69) is 5.32 Å². The Hall–Kier alpha value is -2.15. The Kier molecular flexibility index (Phi) is 6.14. The molecule has 4 heteroatoms. The number of ketones is 1. The van der Waals surface area contributed by atoms with E-state index in [4.69, 9.17) is 5.26 Å². The van der Waals surface area contributed by atoms with Gasteiger partial charge in [-0.2, -0.15) is 5.26 Å². The monoisotopic (exact) mass is 298 g/mol. The van der Waals surface area contributed by atoms with Crippen LogP contribution in [0.25, 0.3) is 0 Å². The molecule has 1 aliphatic carbocycles. The Bertz CT molecular complexity index is 542. The summed E-state index contributed by atoms with van der Waals surface area (Å²) in [5.74, 6) is -1.32. The minimum Gasteiger partial charge on any atom is -0.350 e. The Morgan fingerprint density at radius 3 is 2.55 bits per heavy atom. The van der Waals surface area contributed by atoms with Crippen molar-refractivity contribution >= 4 is 11.7 Å². The van der Waals surface area contributed by atoms with Gasteiger partial charge in [-0.3, -0.25) is 9.59 Å². The highest BCUT2D eigenvalue weighted by atomic mass is 16.2. The maximum atomic E-state index is 12.1. The number of nitrogens with zero attached hydrogens (tertiary/aromatic N) is 1. The van der Waals surface area contributed by atoms with Gasteiger partial charge in [0.05, 0.1) is 6.07 Å². The zero-order chi connectivity index (χ0) is 15.8. The second kappa shape index (κ2) is 8.33. The lowest BCUT2D eigenvalue weighted by molar-refractivity contribution is -0.131. The van der Waals surface area contributed by atoms with Crippen molar-refractivity contribution in [2.45, 2.75) is 45.1 Å². The summed E-state index contributed by atoms with van der Waals surface area (Å²) in [6.07, 6.45) is 5.95. The Morgan fingerprint density at radius 2 is 1.91 bits per heavy atom. The fraction of sp³-hybridized carbons (Fsp3) is 0.500. The van der Waals surface area contributed by atoms with Crippen LogP contribution < -0.4 is 5.32 Å². The van der Waals surface area contributed by atoms with Crippen molar-refractivity contribution in [1.29, 1.82) is 5.26 Å². The lowest BCUT2D eigenvalue weighted by atomic mass is 9.94. The molecule has 1 aliphatic rings. The molecule has 0 bridgehead atoms. The SMILES string of the molecule is N#C[C@@H](C(=O)CCC1CCCC1)C(=O)NCc1ccccc1. The van der Waals surface area contributed by atoms with Crippen LogP contribution in [0.4, 0.5) is 0 Å². The van der Waals surface area contributed by atoms with Gasteiger partial charge in [0.1, 0.15) is 0 Å². The van der Waals surface area contributed by atoms with E-state index in [1.807, 2.05) is 36.4 Å². The second-order valence-electron chi connectivity index (χ2n) is 5.92. The number of rotatable bonds is 7. The van der Waals surface area contributed by atoms with Crippen LogP contribution >= 0.6 is 0 Å². The Balaban J connectivity index is 1.80. The highest BCUT2D eigenvalue weighted by molar-refractivity contribution is 6.03. The summed E-state index contributed by atoms with van der Waals surface area (Å²) in [6.45, 7) is 0.341. The lowest BCUT2D eigenvalue weighted by Gasteiger charge is -2.11. The van der Waals surface area contributed by atoms with E-state index in [0.717, 1.165) is 12.0 Å². The first-order valence-corrected chi connectivity index (χ1v) is 7.94. The quantitative estimate of drug-likeness (QED) is 0.787. The molecule has 2 rings (SSSR count). The molecule has 0 aromatic heterocycles. The number of nitrogens with one attached hydrogen (secondary N) is 1. The minimum absolute atomic E-state index is 0.250. The first-order chi connectivity index (χ1) is 10.7. The molecule has 1 aromatic carbocycles. The number of amides is 1. The smallest absolute Gasteiger partial charge is 0.245 e. The number of Topliss-reactive ketones (excluding diaryl/α,β-unsaturated/α-hetero) is 1. The zero-order valence-electron chi connectivity index (χ0n) is 12.8. The molecule has 0 spiro atoms. The number of carbonyl (C=O) groups excluding carboxylic acids is 2. The fourth-order valence-corrected chi connectivity index (χ4v) is 2.95. The van der Waals surface area contributed by atoms with Crippen molar-refractivity contribution in [3.8, 4) is 6.07 Å². The van der Waals surface area contributed by atoms with E-state index in [0.29, 0.717) is 18.9 Å². The summed E-state index contributed by atoms with van der Waals surface area (Å²) >= 11 is 0. The topological polar surface area (TPSA) is 70.0 Å². The standard InChI is InChI=1S/C18H22N2O2/c19-12-16(17(21)11-10-14-6-4-5-7-14)18(22)20-13-15-8-2-1-3-9-15/h1-3,8-9,14,16H,4-7,10-11,13H2,(H,20,22)/t16-/m0/s1. The van der Waals surface area contributed by atoms with Crippen LogP contribution in [0.1, 0.15) is 44.1 Å². The van der Waals surface area contributed by atoms with Crippen molar-refractivity contribution in [3.63, 3.8) is 0 Å². The number of nitriles is 1. The number of carbonyl (C=O) groups is 2. The van der Waals surface area contributed by atoms with E-state index < -0.39 is 11.8 Å². The summed E-state index contributed by atoms with van der Waals surface area (Å²) in [5.41, 5.74) is 0.950. The summed E-state index contributed by atoms with van der Waals surface area (Å²) < 4.78 is 0. The van der Waals surface area contributed by atoms with E-state index in [1.165, 1.54) is 25.7 Å². The molecular formula is C18H22N2O2. The molecule has 0 radical (unpaired) electrons. The van der Waals surface area contributed by atoms with Gasteiger partial charge < -0.3 is 5.32 Å². The molecule has 116 valence electrons. The molecule has 0 saturated heterocycles. The maximum Gasteiger partial charge on any atom is 0.245 e. The van der Waals surface area contributed by atoms with Gasteiger partial charge in [0.25, 0.3) is 0 Å². The first-order valence-electron chi connectivity index (χ1n) is 7.94. The highest BCUT2D eigenvalue weighted by Gasteiger charge is 2.27. The Morgan fingerprint density at radius 1 is 1.23 bits per heavy atom. The molecule has 1 saturated carbocycles. The summed E-state index contributed by atoms with van der Waals surface area (Å²) in [6, 6.07) is 11.3.